The van der Waals surface area contributed by atoms with Crippen LogP contribution in [0, 0.1) is 29.6 Å². The zero-order valence-corrected chi connectivity index (χ0v) is 27.6. The molecule has 9 nitrogen and oxygen atoms in total. The highest BCUT2D eigenvalue weighted by Gasteiger charge is 2.29. The number of piperidine rings is 1. The third-order valence-electron chi connectivity index (χ3n) is 8.90. The molecule has 0 atom stereocenters. The third-order valence-corrected chi connectivity index (χ3v) is 9.95. The zero-order valence-electron chi connectivity index (χ0n) is 26.8. The Hall–Kier alpha value is -5.24. The average Bonchev–Trinajstić information content (AvgIpc) is 3.66. The number of rotatable bonds is 10. The predicted octanol–water partition coefficient (Wildman–Crippen LogP) is 7.27. The molecule has 1 aliphatic heterocycles. The van der Waals surface area contributed by atoms with Crippen LogP contribution < -0.4 is 10.6 Å². The Morgan fingerprint density at radius 3 is 2.53 bits per heavy atom. The molecule has 3 aromatic heterocycles. The van der Waals surface area contributed by atoms with Crippen molar-refractivity contribution in [1.29, 1.82) is 10.5 Å². The van der Waals surface area contributed by atoms with E-state index in [2.05, 4.69) is 57.2 Å². The molecule has 1 saturated heterocycles. The Bertz CT molecular complexity index is 2110. The fraction of sp³-hybridized carbons (Fsp3) is 0.306. The van der Waals surface area contributed by atoms with E-state index in [-0.39, 0.29) is 16.5 Å². The van der Waals surface area contributed by atoms with Crippen molar-refractivity contribution in [3.63, 3.8) is 0 Å². The van der Waals surface area contributed by atoms with Crippen molar-refractivity contribution in [2.24, 2.45) is 0 Å². The molecule has 13 heteroatoms. The summed E-state index contributed by atoms with van der Waals surface area (Å²) >= 11 is 1.05. The van der Waals surface area contributed by atoms with Gasteiger partial charge in [0.25, 0.3) is 5.91 Å². The molecular weight excluding hydrogens is 650 g/mol. The van der Waals surface area contributed by atoms with Crippen LogP contribution in [0.1, 0.15) is 40.1 Å². The summed E-state index contributed by atoms with van der Waals surface area (Å²) in [6.45, 7) is 8.61. The van der Waals surface area contributed by atoms with Crippen molar-refractivity contribution in [1.82, 2.24) is 19.4 Å². The monoisotopic (exact) mass is 682 g/mol. The van der Waals surface area contributed by atoms with Crippen LogP contribution in [-0.2, 0) is 30.7 Å². The van der Waals surface area contributed by atoms with E-state index < -0.39 is 18.5 Å². The summed E-state index contributed by atoms with van der Waals surface area (Å²) in [4.78, 5) is 23.6. The summed E-state index contributed by atoms with van der Waals surface area (Å²) in [5.41, 5.74) is 5.40. The number of carbonyl (C=O) groups is 1. The van der Waals surface area contributed by atoms with Gasteiger partial charge in [0.1, 0.15) is 40.4 Å². The zero-order chi connectivity index (χ0) is 34.7. The second-order valence-electron chi connectivity index (χ2n) is 12.2. The molecule has 0 unspecified atom stereocenters. The number of benzene rings is 2. The van der Waals surface area contributed by atoms with E-state index in [1.807, 2.05) is 22.8 Å². The molecule has 1 aliphatic rings. The topological polar surface area (TPSA) is 123 Å². The van der Waals surface area contributed by atoms with E-state index in [0.717, 1.165) is 65.8 Å². The van der Waals surface area contributed by atoms with E-state index in [1.54, 1.807) is 24.3 Å². The maximum absolute atomic E-state index is 12.9. The van der Waals surface area contributed by atoms with Gasteiger partial charge >= 0.3 is 6.18 Å². The van der Waals surface area contributed by atoms with Crippen molar-refractivity contribution >= 4 is 49.9 Å². The number of carbonyl (C=O) groups excluding carboxylic acids is 1. The number of likely N-dealkylation sites (tertiary alicyclic amines) is 1. The lowest BCUT2D eigenvalue weighted by Crippen LogP contribution is -2.39. The fourth-order valence-electron chi connectivity index (χ4n) is 6.25. The summed E-state index contributed by atoms with van der Waals surface area (Å²) < 4.78 is 40.9. The maximum atomic E-state index is 12.9. The van der Waals surface area contributed by atoms with Gasteiger partial charge in [-0.05, 0) is 73.2 Å². The molecule has 0 bridgehead atoms. The molecule has 5 aromatic rings. The lowest BCUT2D eigenvalue weighted by Gasteiger charge is -2.33. The molecule has 0 spiro atoms. The maximum Gasteiger partial charge on any atom is 0.393 e. The number of aryl methyl sites for hydroxylation is 3. The van der Waals surface area contributed by atoms with E-state index >= 15 is 0 Å². The summed E-state index contributed by atoms with van der Waals surface area (Å²) in [5.74, 6) is 0.0463. The number of hydrogen-bond acceptors (Lipinski definition) is 8. The molecule has 49 heavy (non-hydrogen) atoms. The quantitative estimate of drug-likeness (QED) is 0.117. The Morgan fingerprint density at radius 2 is 1.84 bits per heavy atom. The Balaban J connectivity index is 1.07. The first-order valence-electron chi connectivity index (χ1n) is 15.8. The molecule has 2 aromatic carbocycles. The van der Waals surface area contributed by atoms with Gasteiger partial charge in [0.2, 0.25) is 0 Å². The first-order chi connectivity index (χ1) is 23.5. The minimum atomic E-state index is -4.27. The molecular formula is C36H33F3N8OS. The van der Waals surface area contributed by atoms with E-state index in [9.17, 15) is 23.2 Å². The number of alkyl halides is 3. The van der Waals surface area contributed by atoms with Gasteiger partial charge in [-0.3, -0.25) is 9.69 Å². The molecule has 4 heterocycles. The average molecular weight is 683 g/mol. The lowest BCUT2D eigenvalue weighted by molar-refractivity contribution is -0.126. The Kier molecular flexibility index (Phi) is 9.67. The van der Waals surface area contributed by atoms with Crippen LogP contribution in [-0.4, -0.2) is 50.6 Å². The summed E-state index contributed by atoms with van der Waals surface area (Å²) in [5, 5.41) is 26.6. The van der Waals surface area contributed by atoms with Gasteiger partial charge in [0.15, 0.2) is 0 Å². The van der Waals surface area contributed by atoms with Crippen molar-refractivity contribution in [3.05, 3.63) is 94.3 Å². The molecule has 2 N–H and O–H groups in total. The molecule has 1 fully saturated rings. The van der Waals surface area contributed by atoms with Gasteiger partial charge < -0.3 is 15.2 Å². The van der Waals surface area contributed by atoms with Gasteiger partial charge in [0, 0.05) is 53.7 Å². The highest BCUT2D eigenvalue weighted by molar-refractivity contribution is 7.18. The number of thiophene rings is 1. The SMILES string of the molecule is C=C(C#N)C(=O)Nc1ccc(CCn2c(C#N)cc3c(C)c(CN4CCC(Nc5ncnc6sc(CC(F)(F)F)cc56)CC4)ccc32)cc1. The molecule has 0 radical (unpaired) electrons. The second-order valence-corrected chi connectivity index (χ2v) is 13.3. The molecule has 1 amide bonds. The Labute approximate surface area is 285 Å². The number of aromatic nitrogens is 3. The normalized spacial score (nSPS) is 14.1. The molecule has 0 aliphatic carbocycles. The van der Waals surface area contributed by atoms with E-state index in [1.165, 1.54) is 11.9 Å². The number of amides is 1. The van der Waals surface area contributed by atoms with Crippen LogP contribution >= 0.6 is 11.3 Å². The standard InChI is InChI=1S/C36H33F3N8OS/c1-22(18-40)34(48)45-26-6-3-24(4-7-26)9-14-47-28(19-41)15-30-23(2)25(5-8-32(30)47)20-46-12-10-27(11-13-46)44-33-31-16-29(17-36(37,38)39)49-35(31)43-21-42-33/h3-8,15-16,21,27H,1,9-14,17,20H2,2H3,(H,45,48)(H,42,43,44). The first-order valence-corrected chi connectivity index (χ1v) is 16.6. The summed E-state index contributed by atoms with van der Waals surface area (Å²) in [6, 6.07) is 19.3. The molecule has 6 rings (SSSR count). The minimum Gasteiger partial charge on any atom is -0.367 e. The van der Waals surface area contributed by atoms with Gasteiger partial charge in [-0.2, -0.15) is 23.7 Å². The van der Waals surface area contributed by atoms with Crippen LogP contribution in [0.25, 0.3) is 21.1 Å². The number of halogens is 3. The van der Waals surface area contributed by atoms with E-state index in [4.69, 9.17) is 5.26 Å². The van der Waals surface area contributed by atoms with Crippen LogP contribution in [0.4, 0.5) is 24.7 Å². The van der Waals surface area contributed by atoms with Gasteiger partial charge in [-0.1, -0.05) is 24.8 Å². The largest absolute Gasteiger partial charge is 0.393 e. The highest BCUT2D eigenvalue weighted by Crippen LogP contribution is 2.33. The van der Waals surface area contributed by atoms with Gasteiger partial charge in [-0.25, -0.2) is 9.97 Å². The van der Waals surface area contributed by atoms with Crippen molar-refractivity contribution in [2.45, 2.75) is 57.9 Å². The van der Waals surface area contributed by atoms with Crippen molar-refractivity contribution < 1.29 is 18.0 Å². The van der Waals surface area contributed by atoms with Crippen LogP contribution in [0.15, 0.2) is 67.0 Å². The number of nitriles is 2. The Morgan fingerprint density at radius 1 is 1.08 bits per heavy atom. The first kappa shape index (κ1) is 33.7. The molecule has 250 valence electrons. The lowest BCUT2D eigenvalue weighted by atomic mass is 10.0. The number of nitrogens with one attached hydrogen (secondary N) is 2. The number of anilines is 2. The van der Waals surface area contributed by atoms with Crippen molar-refractivity contribution in [2.75, 3.05) is 23.7 Å². The van der Waals surface area contributed by atoms with Crippen LogP contribution in [0.5, 0.6) is 0 Å². The van der Waals surface area contributed by atoms with E-state index in [0.29, 0.717) is 40.4 Å². The summed E-state index contributed by atoms with van der Waals surface area (Å²) in [7, 11) is 0. The van der Waals surface area contributed by atoms with Crippen molar-refractivity contribution in [3.8, 4) is 12.1 Å². The third kappa shape index (κ3) is 7.75. The number of nitrogens with zero attached hydrogens (tertiary/aromatic N) is 6. The van der Waals surface area contributed by atoms with Crippen LogP contribution in [0.2, 0.25) is 0 Å². The van der Waals surface area contributed by atoms with Gasteiger partial charge in [0.05, 0.1) is 11.8 Å². The van der Waals surface area contributed by atoms with Crippen LogP contribution in [0.3, 0.4) is 0 Å². The summed E-state index contributed by atoms with van der Waals surface area (Å²) in [6.07, 6.45) is -1.43. The number of hydrogen-bond donors (Lipinski definition) is 2. The smallest absolute Gasteiger partial charge is 0.367 e. The minimum absolute atomic E-state index is 0.148. The fourth-order valence-corrected chi connectivity index (χ4v) is 7.28. The van der Waals surface area contributed by atoms with Gasteiger partial charge in [-0.15, -0.1) is 11.3 Å². The molecule has 0 saturated carbocycles. The highest BCUT2D eigenvalue weighted by atomic mass is 32.1. The second kappa shape index (κ2) is 14.1. The predicted molar refractivity (Wildman–Crippen MR) is 184 cm³/mol. The number of fused-ring (bicyclic) bond motifs is 2.